The molecule has 1 aliphatic rings. The Hall–Kier alpha value is -1.13. The number of benzene rings is 1. The average Bonchev–Trinajstić information content (AvgIpc) is 2.45. The molecule has 0 bridgehead atoms. The lowest BCUT2D eigenvalue weighted by Gasteiger charge is -2.06. The first-order chi connectivity index (χ1) is 8.95. The minimum atomic E-state index is 0.710. The molecule has 18 heavy (non-hydrogen) atoms. The first-order valence-electron chi connectivity index (χ1n) is 6.25. The number of hydrogen-bond donors (Lipinski definition) is 0. The van der Waals surface area contributed by atoms with Crippen molar-refractivity contribution in [2.24, 2.45) is 10.2 Å². The topological polar surface area (TPSA) is 34.0 Å². The third kappa shape index (κ3) is 5.02. The summed E-state index contributed by atoms with van der Waals surface area (Å²) in [6.45, 7) is 1.53. The molecule has 0 aromatic heterocycles. The van der Waals surface area contributed by atoms with Crippen LogP contribution in [0, 0.1) is 0 Å². The molecule has 1 aromatic rings. The van der Waals surface area contributed by atoms with Crippen molar-refractivity contribution in [3.63, 3.8) is 0 Å². The molecule has 1 heterocycles. The highest BCUT2D eigenvalue weighted by atomic mass is 32.2. The molecule has 0 spiro atoms. The van der Waals surface area contributed by atoms with E-state index in [-0.39, 0.29) is 0 Å². The van der Waals surface area contributed by atoms with E-state index in [9.17, 15) is 0 Å². The molecule has 0 saturated heterocycles. The van der Waals surface area contributed by atoms with E-state index in [1.807, 2.05) is 18.2 Å². The third-order valence-electron chi connectivity index (χ3n) is 2.69. The predicted octanol–water partition coefficient (Wildman–Crippen LogP) is 3.50. The van der Waals surface area contributed by atoms with Gasteiger partial charge < -0.3 is 4.74 Å². The summed E-state index contributed by atoms with van der Waals surface area (Å²) in [5.41, 5.74) is 4.23. The molecule has 1 aromatic carbocycles. The van der Waals surface area contributed by atoms with Gasteiger partial charge in [0, 0.05) is 12.4 Å². The number of unbranched alkanes of at least 4 members (excludes halogenated alkanes) is 1. The van der Waals surface area contributed by atoms with Crippen molar-refractivity contribution in [3.8, 4) is 0 Å². The van der Waals surface area contributed by atoms with Gasteiger partial charge in [-0.1, -0.05) is 30.3 Å². The second-order valence-corrected chi connectivity index (χ2v) is 5.03. The van der Waals surface area contributed by atoms with Crippen LogP contribution in [0.2, 0.25) is 0 Å². The van der Waals surface area contributed by atoms with E-state index in [1.54, 1.807) is 17.3 Å². The zero-order valence-electron chi connectivity index (χ0n) is 10.4. The molecular weight excluding hydrogens is 244 g/mol. The van der Waals surface area contributed by atoms with Gasteiger partial charge in [-0.05, 0) is 24.8 Å². The highest BCUT2D eigenvalue weighted by Crippen LogP contribution is 2.09. The summed E-state index contributed by atoms with van der Waals surface area (Å²) in [4.78, 5) is 0. The fourth-order valence-electron chi connectivity index (χ4n) is 1.72. The second-order valence-electron chi connectivity index (χ2n) is 4.19. The number of ether oxygens (including phenoxy) is 1. The van der Waals surface area contributed by atoms with Crippen molar-refractivity contribution in [2.45, 2.75) is 25.9 Å². The number of nitrogens with zero attached hydrogens (tertiary/aromatic N) is 2. The Morgan fingerprint density at radius 1 is 1.17 bits per heavy atom. The van der Waals surface area contributed by atoms with Crippen molar-refractivity contribution in [1.29, 1.82) is 0 Å². The Morgan fingerprint density at radius 2 is 2.06 bits per heavy atom. The van der Waals surface area contributed by atoms with Crippen LogP contribution in [0.15, 0.2) is 40.5 Å². The molecule has 0 unspecified atom stereocenters. The van der Waals surface area contributed by atoms with Gasteiger partial charge in [-0.2, -0.15) is 10.2 Å². The summed E-state index contributed by atoms with van der Waals surface area (Å²) < 4.78 is 5.63. The van der Waals surface area contributed by atoms with E-state index in [1.165, 1.54) is 11.3 Å². The maximum absolute atomic E-state index is 5.63. The van der Waals surface area contributed by atoms with Crippen LogP contribution in [-0.4, -0.2) is 23.6 Å². The van der Waals surface area contributed by atoms with Crippen molar-refractivity contribution < 1.29 is 4.74 Å². The van der Waals surface area contributed by atoms with E-state index in [0.717, 1.165) is 31.6 Å². The lowest BCUT2D eigenvalue weighted by atomic mass is 10.2. The number of rotatable bonds is 7. The summed E-state index contributed by atoms with van der Waals surface area (Å²) in [5, 5.41) is 8.03. The van der Waals surface area contributed by atoms with E-state index in [4.69, 9.17) is 4.74 Å². The first-order valence-corrected chi connectivity index (χ1v) is 7.30. The van der Waals surface area contributed by atoms with Gasteiger partial charge >= 0.3 is 0 Å². The quantitative estimate of drug-likeness (QED) is 0.705. The molecule has 1 aliphatic heterocycles. The monoisotopic (exact) mass is 262 g/mol. The largest absolute Gasteiger partial charge is 0.377 e. The standard InChI is InChI=1S/C14H18N2OS/c1-2-6-13(7-3-1)10-17-9-5-4-8-14-11-18-12-15-16-14/h1-3,6-7,12H,4-5,8-11H2. The first kappa shape index (κ1) is 13.3. The Kier molecular flexibility index (Phi) is 5.96. The Labute approximate surface area is 112 Å². The molecule has 0 saturated carbocycles. The van der Waals surface area contributed by atoms with Gasteiger partial charge in [0.15, 0.2) is 0 Å². The van der Waals surface area contributed by atoms with Gasteiger partial charge in [-0.25, -0.2) is 0 Å². The average molecular weight is 262 g/mol. The van der Waals surface area contributed by atoms with Crippen LogP contribution in [-0.2, 0) is 11.3 Å². The number of thioether (sulfide) groups is 1. The molecule has 96 valence electrons. The van der Waals surface area contributed by atoms with Crippen LogP contribution in [0.5, 0.6) is 0 Å². The molecule has 0 fully saturated rings. The molecule has 0 aliphatic carbocycles. The van der Waals surface area contributed by atoms with Crippen LogP contribution < -0.4 is 0 Å². The van der Waals surface area contributed by atoms with Crippen molar-refractivity contribution in [1.82, 2.24) is 0 Å². The SMILES string of the molecule is C1=NN=C(CCCCOCc2ccccc2)CS1. The fraction of sp³-hybridized carbons (Fsp3) is 0.429. The Morgan fingerprint density at radius 3 is 2.83 bits per heavy atom. The minimum Gasteiger partial charge on any atom is -0.377 e. The summed E-state index contributed by atoms with van der Waals surface area (Å²) in [5.74, 6) is 0.994. The van der Waals surface area contributed by atoms with Gasteiger partial charge in [-0.15, -0.1) is 11.8 Å². The van der Waals surface area contributed by atoms with E-state index < -0.39 is 0 Å². The van der Waals surface area contributed by atoms with Crippen LogP contribution in [0.3, 0.4) is 0 Å². The van der Waals surface area contributed by atoms with Gasteiger partial charge in [0.1, 0.15) is 0 Å². The van der Waals surface area contributed by atoms with E-state index in [0.29, 0.717) is 6.61 Å². The zero-order chi connectivity index (χ0) is 12.5. The normalized spacial score (nSPS) is 14.6. The van der Waals surface area contributed by atoms with Crippen molar-refractivity contribution >= 4 is 23.0 Å². The van der Waals surface area contributed by atoms with Crippen LogP contribution in [0.4, 0.5) is 0 Å². The van der Waals surface area contributed by atoms with E-state index >= 15 is 0 Å². The lowest BCUT2D eigenvalue weighted by Crippen LogP contribution is -2.05. The van der Waals surface area contributed by atoms with Crippen LogP contribution in [0.25, 0.3) is 0 Å². The fourth-order valence-corrected chi connectivity index (χ4v) is 2.30. The van der Waals surface area contributed by atoms with Gasteiger partial charge in [-0.3, -0.25) is 0 Å². The summed E-state index contributed by atoms with van der Waals surface area (Å²) >= 11 is 1.71. The zero-order valence-corrected chi connectivity index (χ0v) is 11.2. The summed E-state index contributed by atoms with van der Waals surface area (Å²) in [7, 11) is 0. The molecule has 0 radical (unpaired) electrons. The van der Waals surface area contributed by atoms with Gasteiger partial charge in [0.05, 0.1) is 17.9 Å². The molecule has 0 amide bonds. The Bertz CT molecular complexity index is 404. The van der Waals surface area contributed by atoms with Crippen LogP contribution in [0.1, 0.15) is 24.8 Å². The molecule has 2 rings (SSSR count). The maximum atomic E-state index is 5.63. The third-order valence-corrected chi connectivity index (χ3v) is 3.43. The summed E-state index contributed by atoms with van der Waals surface area (Å²) in [6.07, 6.45) is 3.25. The predicted molar refractivity (Wildman–Crippen MR) is 78.3 cm³/mol. The molecule has 0 atom stereocenters. The van der Waals surface area contributed by atoms with Gasteiger partial charge in [0.25, 0.3) is 0 Å². The lowest BCUT2D eigenvalue weighted by molar-refractivity contribution is 0.117. The minimum absolute atomic E-state index is 0.710. The smallest absolute Gasteiger partial charge is 0.0828 e. The molecule has 4 heteroatoms. The summed E-state index contributed by atoms with van der Waals surface area (Å²) in [6, 6.07) is 10.3. The van der Waals surface area contributed by atoms with Gasteiger partial charge in [0.2, 0.25) is 0 Å². The molecule has 3 nitrogen and oxygen atoms in total. The maximum Gasteiger partial charge on any atom is 0.0828 e. The van der Waals surface area contributed by atoms with E-state index in [2.05, 4.69) is 22.3 Å². The number of hydrogen-bond acceptors (Lipinski definition) is 4. The Balaban J connectivity index is 1.51. The highest BCUT2D eigenvalue weighted by Gasteiger charge is 2.02. The van der Waals surface area contributed by atoms with Crippen molar-refractivity contribution in [2.75, 3.05) is 12.4 Å². The molecule has 0 N–H and O–H groups in total. The van der Waals surface area contributed by atoms with Crippen LogP contribution >= 0.6 is 11.8 Å². The van der Waals surface area contributed by atoms with Crippen molar-refractivity contribution in [3.05, 3.63) is 35.9 Å². The highest BCUT2D eigenvalue weighted by molar-refractivity contribution is 8.12. The molecular formula is C14H18N2OS. The second kappa shape index (κ2) is 8.06.